The molecule has 1 unspecified atom stereocenters. The summed E-state index contributed by atoms with van der Waals surface area (Å²) in [5.41, 5.74) is 6.17. The molecule has 4 N–H and O–H groups in total. The Morgan fingerprint density at radius 2 is 2.33 bits per heavy atom. The van der Waals surface area contributed by atoms with Gasteiger partial charge in [0, 0.05) is 26.2 Å². The molecule has 2 heterocycles. The average molecular weight is 269 g/mol. The first-order chi connectivity index (χ1) is 8.59. The van der Waals surface area contributed by atoms with Crippen molar-refractivity contribution in [2.45, 2.75) is 0 Å². The molecule has 1 amide bonds. The molecule has 1 aliphatic rings. The van der Waals surface area contributed by atoms with Crippen molar-refractivity contribution in [2.75, 3.05) is 31.9 Å². The highest BCUT2D eigenvalue weighted by atomic mass is 32.1. The Kier molecular flexibility index (Phi) is 3.83. The van der Waals surface area contributed by atoms with E-state index in [1.54, 1.807) is 16.3 Å². The standard InChI is InChI=1S/C11H15N3O3S/c12-8-1-4-18-9(8)10(15)14-3-2-13-5-7(6-14)11(16)17/h1,4,7,13H,2-3,5-6,12H2,(H,16,17). The predicted octanol–water partition coefficient (Wildman–Crippen LogP) is 0.0765. The number of hydrogen-bond acceptors (Lipinski definition) is 5. The number of nitrogens with two attached hydrogens (primary N) is 1. The molecular formula is C11H15N3O3S. The van der Waals surface area contributed by atoms with Crippen LogP contribution in [0.4, 0.5) is 5.69 Å². The first-order valence-corrected chi connectivity index (χ1v) is 6.53. The molecule has 0 spiro atoms. The Labute approximate surface area is 108 Å². The van der Waals surface area contributed by atoms with E-state index in [1.807, 2.05) is 0 Å². The molecule has 7 heteroatoms. The largest absolute Gasteiger partial charge is 0.481 e. The second-order valence-electron chi connectivity index (χ2n) is 4.20. The van der Waals surface area contributed by atoms with Crippen LogP contribution in [0.25, 0.3) is 0 Å². The third-order valence-corrected chi connectivity index (χ3v) is 3.83. The third kappa shape index (κ3) is 2.62. The lowest BCUT2D eigenvalue weighted by Crippen LogP contribution is -2.38. The zero-order valence-electron chi connectivity index (χ0n) is 9.76. The van der Waals surface area contributed by atoms with Gasteiger partial charge in [0.15, 0.2) is 0 Å². The second kappa shape index (κ2) is 5.36. The fraction of sp³-hybridized carbons (Fsp3) is 0.455. The van der Waals surface area contributed by atoms with Gasteiger partial charge in [-0.25, -0.2) is 0 Å². The van der Waals surface area contributed by atoms with Crippen LogP contribution in [0, 0.1) is 5.92 Å². The summed E-state index contributed by atoms with van der Waals surface area (Å²) in [5.74, 6) is -1.64. The molecule has 0 aliphatic carbocycles. The van der Waals surface area contributed by atoms with Crippen LogP contribution in [-0.4, -0.2) is 48.1 Å². The molecule has 1 aromatic rings. The van der Waals surface area contributed by atoms with Crippen molar-refractivity contribution in [1.29, 1.82) is 0 Å². The number of carboxylic acids is 1. The molecule has 1 saturated heterocycles. The van der Waals surface area contributed by atoms with Gasteiger partial charge >= 0.3 is 5.97 Å². The lowest BCUT2D eigenvalue weighted by molar-refractivity contribution is -0.141. The number of thiophene rings is 1. The maximum absolute atomic E-state index is 12.2. The summed E-state index contributed by atoms with van der Waals surface area (Å²) in [6, 6.07) is 1.68. The number of carbonyl (C=O) groups is 2. The van der Waals surface area contributed by atoms with Crippen molar-refractivity contribution < 1.29 is 14.7 Å². The lowest BCUT2D eigenvalue weighted by atomic mass is 10.1. The SMILES string of the molecule is Nc1ccsc1C(=O)N1CCNCC(C(=O)O)C1. The van der Waals surface area contributed by atoms with Crippen molar-refractivity contribution in [2.24, 2.45) is 5.92 Å². The minimum absolute atomic E-state index is 0.183. The Balaban J connectivity index is 2.14. The Morgan fingerprint density at radius 1 is 1.56 bits per heavy atom. The summed E-state index contributed by atoms with van der Waals surface area (Å²) in [7, 11) is 0. The second-order valence-corrected chi connectivity index (χ2v) is 5.11. The van der Waals surface area contributed by atoms with Crippen LogP contribution in [0.2, 0.25) is 0 Å². The van der Waals surface area contributed by atoms with Crippen LogP contribution in [0.15, 0.2) is 11.4 Å². The van der Waals surface area contributed by atoms with Gasteiger partial charge in [-0.3, -0.25) is 9.59 Å². The van der Waals surface area contributed by atoms with Gasteiger partial charge in [-0.15, -0.1) is 11.3 Å². The number of anilines is 1. The molecule has 0 saturated carbocycles. The number of amides is 1. The first-order valence-electron chi connectivity index (χ1n) is 5.65. The van der Waals surface area contributed by atoms with E-state index in [0.29, 0.717) is 30.2 Å². The topological polar surface area (TPSA) is 95.7 Å². The fourth-order valence-corrected chi connectivity index (χ4v) is 2.68. The molecule has 0 aromatic carbocycles. The number of rotatable bonds is 2. The highest BCUT2D eigenvalue weighted by molar-refractivity contribution is 7.12. The Morgan fingerprint density at radius 3 is 2.94 bits per heavy atom. The van der Waals surface area contributed by atoms with E-state index in [9.17, 15) is 9.59 Å². The van der Waals surface area contributed by atoms with Crippen molar-refractivity contribution in [3.05, 3.63) is 16.3 Å². The Bertz CT molecular complexity index is 460. The number of nitrogen functional groups attached to an aromatic ring is 1. The zero-order valence-corrected chi connectivity index (χ0v) is 10.6. The van der Waals surface area contributed by atoms with Crippen LogP contribution >= 0.6 is 11.3 Å². The predicted molar refractivity (Wildman–Crippen MR) is 68.6 cm³/mol. The van der Waals surface area contributed by atoms with E-state index in [0.717, 1.165) is 0 Å². The first kappa shape index (κ1) is 12.8. The Hall–Kier alpha value is -1.60. The summed E-state index contributed by atoms with van der Waals surface area (Å²) >= 11 is 1.28. The molecule has 0 bridgehead atoms. The maximum atomic E-state index is 12.2. The number of nitrogens with one attached hydrogen (secondary N) is 1. The monoisotopic (exact) mass is 269 g/mol. The van der Waals surface area contributed by atoms with E-state index in [2.05, 4.69) is 5.32 Å². The number of aliphatic carboxylic acids is 1. The van der Waals surface area contributed by atoms with E-state index in [4.69, 9.17) is 10.8 Å². The van der Waals surface area contributed by atoms with Crippen molar-refractivity contribution in [3.8, 4) is 0 Å². The summed E-state index contributed by atoms with van der Waals surface area (Å²) in [6.45, 7) is 1.71. The van der Waals surface area contributed by atoms with E-state index < -0.39 is 11.9 Å². The minimum atomic E-state index is -0.888. The molecular weight excluding hydrogens is 254 g/mol. The highest BCUT2D eigenvalue weighted by Crippen LogP contribution is 2.21. The van der Waals surface area contributed by atoms with E-state index >= 15 is 0 Å². The molecule has 6 nitrogen and oxygen atoms in total. The average Bonchev–Trinajstić information content (AvgIpc) is 2.63. The molecule has 0 radical (unpaired) electrons. The molecule has 18 heavy (non-hydrogen) atoms. The van der Waals surface area contributed by atoms with Gasteiger partial charge in [0.1, 0.15) is 4.88 Å². The van der Waals surface area contributed by atoms with Crippen LogP contribution in [0.1, 0.15) is 9.67 Å². The number of carbonyl (C=O) groups excluding carboxylic acids is 1. The quantitative estimate of drug-likeness (QED) is 0.706. The summed E-state index contributed by atoms with van der Waals surface area (Å²) in [5, 5.41) is 13.8. The number of carboxylic acid groups (broad SMARTS) is 1. The normalized spacial score (nSPS) is 20.4. The van der Waals surface area contributed by atoms with Crippen molar-refractivity contribution >= 4 is 28.9 Å². The summed E-state index contributed by atoms with van der Waals surface area (Å²) < 4.78 is 0. The minimum Gasteiger partial charge on any atom is -0.481 e. The van der Waals surface area contributed by atoms with Crippen LogP contribution in [0.3, 0.4) is 0 Å². The third-order valence-electron chi connectivity index (χ3n) is 2.92. The summed E-state index contributed by atoms with van der Waals surface area (Å²) in [6.07, 6.45) is 0. The van der Waals surface area contributed by atoms with Crippen molar-refractivity contribution in [3.63, 3.8) is 0 Å². The molecule has 98 valence electrons. The van der Waals surface area contributed by atoms with Gasteiger partial charge in [0.2, 0.25) is 0 Å². The molecule has 1 fully saturated rings. The number of nitrogens with zero attached hydrogens (tertiary/aromatic N) is 1. The van der Waals surface area contributed by atoms with Crippen LogP contribution < -0.4 is 11.1 Å². The van der Waals surface area contributed by atoms with E-state index in [-0.39, 0.29) is 12.5 Å². The van der Waals surface area contributed by atoms with Gasteiger partial charge in [-0.05, 0) is 11.4 Å². The number of hydrogen-bond donors (Lipinski definition) is 3. The molecule has 2 rings (SSSR count). The fourth-order valence-electron chi connectivity index (χ4n) is 1.90. The van der Waals surface area contributed by atoms with Gasteiger partial charge in [0.05, 0.1) is 11.6 Å². The lowest BCUT2D eigenvalue weighted by Gasteiger charge is -2.21. The molecule has 1 atom stereocenters. The van der Waals surface area contributed by atoms with Crippen molar-refractivity contribution in [1.82, 2.24) is 10.2 Å². The van der Waals surface area contributed by atoms with Gasteiger partial charge in [0.25, 0.3) is 5.91 Å². The summed E-state index contributed by atoms with van der Waals surface area (Å²) in [4.78, 5) is 25.3. The van der Waals surface area contributed by atoms with Crippen LogP contribution in [-0.2, 0) is 4.79 Å². The van der Waals surface area contributed by atoms with Gasteiger partial charge < -0.3 is 21.1 Å². The van der Waals surface area contributed by atoms with E-state index in [1.165, 1.54) is 11.3 Å². The highest BCUT2D eigenvalue weighted by Gasteiger charge is 2.28. The van der Waals surface area contributed by atoms with Gasteiger partial charge in [-0.1, -0.05) is 0 Å². The van der Waals surface area contributed by atoms with Gasteiger partial charge in [-0.2, -0.15) is 0 Å². The van der Waals surface area contributed by atoms with Crippen LogP contribution in [0.5, 0.6) is 0 Å². The molecule has 1 aliphatic heterocycles. The zero-order chi connectivity index (χ0) is 13.1. The molecule has 1 aromatic heterocycles. The maximum Gasteiger partial charge on any atom is 0.309 e. The smallest absolute Gasteiger partial charge is 0.309 e.